The smallest absolute Gasteiger partial charge is 0.268 e. The zero-order valence-corrected chi connectivity index (χ0v) is 13.8. The summed E-state index contributed by atoms with van der Waals surface area (Å²) in [5, 5.41) is 17.3. The van der Waals surface area contributed by atoms with Crippen molar-refractivity contribution in [2.45, 2.75) is 52.3 Å². The fraction of sp³-hybridized carbons (Fsp3) is 0.733. The Hall–Kier alpha value is -1.40. The average Bonchev–Trinajstić information content (AvgIpc) is 2.38. The highest BCUT2D eigenvalue weighted by atomic mass is 16.3. The molecule has 0 aliphatic rings. The van der Waals surface area contributed by atoms with Gasteiger partial charge in [-0.2, -0.15) is 5.10 Å². The first-order valence-electron chi connectivity index (χ1n) is 7.44. The molecule has 0 saturated carbocycles. The molecule has 0 aromatic carbocycles. The molecule has 6 heteroatoms. The lowest BCUT2D eigenvalue weighted by atomic mass is 10.1. The molecule has 0 spiro atoms. The van der Waals surface area contributed by atoms with Crippen LogP contribution in [-0.4, -0.2) is 46.7 Å². The Morgan fingerprint density at radius 3 is 2.67 bits per heavy atom. The van der Waals surface area contributed by atoms with Gasteiger partial charge in [-0.1, -0.05) is 6.92 Å². The number of anilines is 1. The molecule has 1 aromatic heterocycles. The van der Waals surface area contributed by atoms with E-state index in [2.05, 4.69) is 17.3 Å². The molecule has 6 nitrogen and oxygen atoms in total. The lowest BCUT2D eigenvalue weighted by molar-refractivity contribution is 0.136. The Labute approximate surface area is 126 Å². The van der Waals surface area contributed by atoms with Gasteiger partial charge in [-0.25, -0.2) is 4.68 Å². The van der Waals surface area contributed by atoms with Gasteiger partial charge in [0, 0.05) is 31.7 Å². The summed E-state index contributed by atoms with van der Waals surface area (Å²) in [6, 6.07) is 1.56. The number of aliphatic hydroxyl groups is 1. The van der Waals surface area contributed by atoms with Gasteiger partial charge in [-0.05, 0) is 27.2 Å². The second-order valence-corrected chi connectivity index (χ2v) is 6.44. The van der Waals surface area contributed by atoms with Crippen LogP contribution < -0.4 is 15.8 Å². The molecule has 2 N–H and O–H groups in total. The van der Waals surface area contributed by atoms with Crippen molar-refractivity contribution >= 4 is 5.69 Å². The van der Waals surface area contributed by atoms with E-state index >= 15 is 0 Å². The standard InChI is InChI=1S/C15H28N4O2/c1-6-7-18(5)12-8-14(21)19(17-9-12)11-13(20)10-16-15(2,3)4/h8-9,13,16,20H,6-7,10-11H2,1-5H3. The lowest BCUT2D eigenvalue weighted by Gasteiger charge is -2.23. The fourth-order valence-corrected chi connectivity index (χ4v) is 1.92. The SMILES string of the molecule is CCCN(C)c1cnn(CC(O)CNC(C)(C)C)c(=O)c1. The Balaban J connectivity index is 2.66. The summed E-state index contributed by atoms with van der Waals surface area (Å²) in [4.78, 5) is 14.0. The van der Waals surface area contributed by atoms with Crippen molar-refractivity contribution in [3.8, 4) is 0 Å². The van der Waals surface area contributed by atoms with E-state index in [1.807, 2.05) is 32.7 Å². The van der Waals surface area contributed by atoms with Gasteiger partial charge in [0.2, 0.25) is 0 Å². The Bertz CT molecular complexity index is 493. The molecule has 1 atom stereocenters. The summed E-state index contributed by atoms with van der Waals surface area (Å²) in [5.74, 6) is 0. The second kappa shape index (κ2) is 7.56. The summed E-state index contributed by atoms with van der Waals surface area (Å²) in [5.41, 5.74) is 0.553. The van der Waals surface area contributed by atoms with Crippen molar-refractivity contribution < 1.29 is 5.11 Å². The van der Waals surface area contributed by atoms with E-state index in [4.69, 9.17) is 0 Å². The number of hydrogen-bond donors (Lipinski definition) is 2. The lowest BCUT2D eigenvalue weighted by Crippen LogP contribution is -2.43. The number of rotatable bonds is 7. The highest BCUT2D eigenvalue weighted by Gasteiger charge is 2.13. The molecule has 0 saturated heterocycles. The predicted octanol–water partition coefficient (Wildman–Crippen LogP) is 0.839. The monoisotopic (exact) mass is 296 g/mol. The van der Waals surface area contributed by atoms with Crippen molar-refractivity contribution in [2.75, 3.05) is 25.0 Å². The molecule has 0 aliphatic carbocycles. The van der Waals surface area contributed by atoms with Gasteiger partial charge in [-0.3, -0.25) is 4.79 Å². The third-order valence-electron chi connectivity index (χ3n) is 3.11. The van der Waals surface area contributed by atoms with E-state index < -0.39 is 6.10 Å². The van der Waals surface area contributed by atoms with Crippen molar-refractivity contribution in [1.82, 2.24) is 15.1 Å². The van der Waals surface area contributed by atoms with E-state index in [1.54, 1.807) is 12.3 Å². The van der Waals surface area contributed by atoms with E-state index in [-0.39, 0.29) is 17.6 Å². The van der Waals surface area contributed by atoms with Crippen molar-refractivity contribution in [1.29, 1.82) is 0 Å². The van der Waals surface area contributed by atoms with Crippen LogP contribution in [0.4, 0.5) is 5.69 Å². The van der Waals surface area contributed by atoms with Crippen LogP contribution in [0.5, 0.6) is 0 Å². The number of β-amino-alcohol motifs (C(OH)–C–C–N with tert-alkyl or cyclic N) is 1. The van der Waals surface area contributed by atoms with Crippen molar-refractivity contribution in [3.63, 3.8) is 0 Å². The number of aromatic nitrogens is 2. The van der Waals surface area contributed by atoms with Gasteiger partial charge in [0.25, 0.3) is 5.56 Å². The summed E-state index contributed by atoms with van der Waals surface area (Å²) in [6.07, 6.45) is 2.03. The van der Waals surface area contributed by atoms with Crippen LogP contribution in [0.3, 0.4) is 0 Å². The van der Waals surface area contributed by atoms with Crippen LogP contribution in [0.15, 0.2) is 17.1 Å². The number of nitrogens with one attached hydrogen (secondary N) is 1. The Morgan fingerprint density at radius 1 is 1.48 bits per heavy atom. The zero-order valence-electron chi connectivity index (χ0n) is 13.8. The molecule has 0 bridgehead atoms. The highest BCUT2D eigenvalue weighted by molar-refractivity contribution is 5.41. The van der Waals surface area contributed by atoms with Gasteiger partial charge in [-0.15, -0.1) is 0 Å². The Morgan fingerprint density at radius 2 is 2.14 bits per heavy atom. The summed E-state index contributed by atoms with van der Waals surface area (Å²) in [7, 11) is 1.94. The van der Waals surface area contributed by atoms with E-state index in [1.165, 1.54) is 4.68 Å². The maximum Gasteiger partial charge on any atom is 0.268 e. The molecule has 1 unspecified atom stereocenters. The highest BCUT2D eigenvalue weighted by Crippen LogP contribution is 2.07. The number of nitrogens with zero attached hydrogens (tertiary/aromatic N) is 3. The largest absolute Gasteiger partial charge is 0.390 e. The molecule has 21 heavy (non-hydrogen) atoms. The molecule has 1 rings (SSSR count). The first kappa shape index (κ1) is 17.7. The summed E-state index contributed by atoms with van der Waals surface area (Å²) < 4.78 is 1.30. The molecular weight excluding hydrogens is 268 g/mol. The molecule has 1 heterocycles. The van der Waals surface area contributed by atoms with Crippen molar-refractivity contribution in [2.24, 2.45) is 0 Å². The van der Waals surface area contributed by atoms with E-state index in [9.17, 15) is 9.90 Å². The number of hydrogen-bond acceptors (Lipinski definition) is 5. The normalized spacial score (nSPS) is 13.2. The van der Waals surface area contributed by atoms with Crippen LogP contribution in [0.25, 0.3) is 0 Å². The second-order valence-electron chi connectivity index (χ2n) is 6.44. The zero-order chi connectivity index (χ0) is 16.0. The molecule has 0 aliphatic heterocycles. The topological polar surface area (TPSA) is 70.4 Å². The summed E-state index contributed by atoms with van der Waals surface area (Å²) >= 11 is 0. The first-order valence-corrected chi connectivity index (χ1v) is 7.44. The first-order chi connectivity index (χ1) is 9.73. The molecule has 120 valence electrons. The Kier molecular flexibility index (Phi) is 6.36. The predicted molar refractivity (Wildman–Crippen MR) is 85.8 cm³/mol. The minimum atomic E-state index is -0.645. The van der Waals surface area contributed by atoms with E-state index in [0.29, 0.717) is 6.54 Å². The van der Waals surface area contributed by atoms with Crippen LogP contribution >= 0.6 is 0 Å². The van der Waals surface area contributed by atoms with Gasteiger partial charge in [0.15, 0.2) is 0 Å². The fourth-order valence-electron chi connectivity index (χ4n) is 1.92. The van der Waals surface area contributed by atoms with Gasteiger partial charge >= 0.3 is 0 Å². The molecule has 0 fully saturated rings. The molecular formula is C15H28N4O2. The van der Waals surface area contributed by atoms with Gasteiger partial charge in [0.1, 0.15) is 0 Å². The van der Waals surface area contributed by atoms with E-state index in [0.717, 1.165) is 18.7 Å². The summed E-state index contributed by atoms with van der Waals surface area (Å²) in [6.45, 7) is 9.68. The van der Waals surface area contributed by atoms with Crippen LogP contribution in [-0.2, 0) is 6.54 Å². The maximum atomic E-state index is 12.0. The quantitative estimate of drug-likeness (QED) is 0.780. The molecule has 1 aromatic rings. The average molecular weight is 296 g/mol. The van der Waals surface area contributed by atoms with Crippen LogP contribution in [0.1, 0.15) is 34.1 Å². The molecule has 0 amide bonds. The maximum absolute atomic E-state index is 12.0. The molecule has 0 radical (unpaired) electrons. The van der Waals surface area contributed by atoms with Gasteiger partial charge < -0.3 is 15.3 Å². The third kappa shape index (κ3) is 6.27. The van der Waals surface area contributed by atoms with Crippen LogP contribution in [0, 0.1) is 0 Å². The van der Waals surface area contributed by atoms with Crippen molar-refractivity contribution in [3.05, 3.63) is 22.6 Å². The third-order valence-corrected chi connectivity index (χ3v) is 3.11. The minimum absolute atomic E-state index is 0.0634. The number of aliphatic hydroxyl groups excluding tert-OH is 1. The van der Waals surface area contributed by atoms with Crippen LogP contribution in [0.2, 0.25) is 0 Å². The van der Waals surface area contributed by atoms with Gasteiger partial charge in [0.05, 0.1) is 24.5 Å². The minimum Gasteiger partial charge on any atom is -0.390 e.